The van der Waals surface area contributed by atoms with Crippen LogP contribution in [-0.2, 0) is 11.3 Å². The second kappa shape index (κ2) is 7.40. The van der Waals surface area contributed by atoms with Gasteiger partial charge in [-0.1, -0.05) is 11.6 Å². The van der Waals surface area contributed by atoms with E-state index in [1.54, 1.807) is 4.90 Å². The summed E-state index contributed by atoms with van der Waals surface area (Å²) < 4.78 is 13.5. The fourth-order valence-electron chi connectivity index (χ4n) is 3.05. The number of carbonyl (C=O) groups excluding carboxylic acids is 1. The van der Waals surface area contributed by atoms with Crippen molar-refractivity contribution in [1.29, 1.82) is 0 Å². The summed E-state index contributed by atoms with van der Waals surface area (Å²) >= 11 is 12.2. The van der Waals surface area contributed by atoms with Crippen LogP contribution in [0.15, 0.2) is 10.5 Å². The van der Waals surface area contributed by atoms with Gasteiger partial charge in [-0.3, -0.25) is 4.90 Å². The van der Waals surface area contributed by atoms with Crippen molar-refractivity contribution >= 4 is 56.2 Å². The Kier molecular flexibility index (Phi) is 5.78. The topological polar surface area (TPSA) is 42.0 Å². The molecule has 25 heavy (non-hydrogen) atoms. The molecule has 0 bridgehead atoms. The molecule has 1 saturated heterocycles. The second-order valence-electron chi connectivity index (χ2n) is 7.34. The number of hydrogen-bond acceptors (Lipinski definition) is 4. The summed E-state index contributed by atoms with van der Waals surface area (Å²) in [7, 11) is 0. The van der Waals surface area contributed by atoms with Gasteiger partial charge in [0.05, 0.1) is 15.5 Å². The van der Waals surface area contributed by atoms with Crippen molar-refractivity contribution in [3.63, 3.8) is 0 Å². The minimum atomic E-state index is -0.485. The summed E-state index contributed by atoms with van der Waals surface area (Å²) in [5.41, 5.74) is 0.603. The first-order valence-corrected chi connectivity index (χ1v) is 10.4. The van der Waals surface area contributed by atoms with E-state index >= 15 is 0 Å². The van der Waals surface area contributed by atoms with E-state index in [1.807, 2.05) is 20.8 Å². The van der Waals surface area contributed by atoms with Gasteiger partial charge in [-0.25, -0.2) is 4.79 Å². The lowest BCUT2D eigenvalue weighted by Crippen LogP contribution is -2.56. The third-order valence-corrected chi connectivity index (χ3v) is 7.25. The molecule has 1 amide bonds. The van der Waals surface area contributed by atoms with Crippen LogP contribution in [0.25, 0.3) is 0 Å². The van der Waals surface area contributed by atoms with Crippen molar-refractivity contribution in [3.8, 4) is 5.75 Å². The number of carbonyl (C=O) groups is 1. The highest BCUT2D eigenvalue weighted by atomic mass is 127. The zero-order valence-corrected chi connectivity index (χ0v) is 18.9. The Morgan fingerprint density at radius 3 is 2.84 bits per heavy atom. The van der Waals surface area contributed by atoms with Gasteiger partial charge in [0.2, 0.25) is 0 Å². The van der Waals surface area contributed by atoms with Crippen LogP contribution in [0.1, 0.15) is 26.3 Å². The maximum atomic E-state index is 12.4. The molecule has 0 spiro atoms. The Bertz CT molecular complexity index is 695. The Hall–Kier alpha value is -0.250. The Morgan fingerprint density at radius 2 is 2.16 bits per heavy atom. The molecule has 0 aromatic heterocycles. The summed E-state index contributed by atoms with van der Waals surface area (Å²) in [6, 6.07) is 2.23. The molecule has 138 valence electrons. The molecule has 2 aliphatic rings. The molecule has 8 heteroatoms. The smallest absolute Gasteiger partial charge is 0.410 e. The average Bonchev–Trinajstić information content (AvgIpc) is 2.69. The highest BCUT2D eigenvalue weighted by Gasteiger charge is 2.35. The van der Waals surface area contributed by atoms with Gasteiger partial charge in [0, 0.05) is 35.3 Å². The highest BCUT2D eigenvalue weighted by Crippen LogP contribution is 2.41. The van der Waals surface area contributed by atoms with Crippen molar-refractivity contribution in [3.05, 3.63) is 24.7 Å². The van der Waals surface area contributed by atoms with Crippen molar-refractivity contribution in [2.24, 2.45) is 0 Å². The first-order valence-electron chi connectivity index (χ1n) is 8.17. The quantitative estimate of drug-likeness (QED) is 0.357. The third kappa shape index (κ3) is 4.36. The summed E-state index contributed by atoms with van der Waals surface area (Å²) in [4.78, 5) is 16.5. The molecule has 1 aromatic rings. The number of rotatable bonds is 0. The lowest BCUT2D eigenvalue weighted by atomic mass is 10.1. The molecule has 0 aliphatic carbocycles. The molecule has 0 saturated carbocycles. The van der Waals surface area contributed by atoms with Crippen molar-refractivity contribution in [1.82, 2.24) is 9.80 Å². The number of piperazine rings is 1. The number of halogens is 3. The predicted octanol–water partition coefficient (Wildman–Crippen LogP) is 4.52. The van der Waals surface area contributed by atoms with Gasteiger partial charge in [-0.15, -0.1) is 0 Å². The van der Waals surface area contributed by atoms with Crippen LogP contribution in [0.4, 0.5) is 4.79 Å². The summed E-state index contributed by atoms with van der Waals surface area (Å²) in [5, 5.41) is 0.616. The zero-order chi connectivity index (χ0) is 18.4. The van der Waals surface area contributed by atoms with Gasteiger partial charge < -0.3 is 14.4 Å². The monoisotopic (exact) mass is 542 g/mol. The van der Waals surface area contributed by atoms with Crippen LogP contribution in [0, 0.1) is 3.57 Å². The Balaban J connectivity index is 1.75. The Labute approximate surface area is 175 Å². The number of fused-ring (bicyclic) bond motifs is 2. The van der Waals surface area contributed by atoms with Crippen LogP contribution in [0.5, 0.6) is 5.75 Å². The maximum absolute atomic E-state index is 12.4. The van der Waals surface area contributed by atoms with E-state index < -0.39 is 5.60 Å². The van der Waals surface area contributed by atoms with Crippen molar-refractivity contribution in [2.75, 3.05) is 26.2 Å². The van der Waals surface area contributed by atoms with E-state index in [-0.39, 0.29) is 12.1 Å². The van der Waals surface area contributed by atoms with Gasteiger partial charge in [0.1, 0.15) is 18.0 Å². The Morgan fingerprint density at radius 1 is 1.44 bits per heavy atom. The van der Waals surface area contributed by atoms with Gasteiger partial charge in [0.25, 0.3) is 0 Å². The zero-order valence-electron chi connectivity index (χ0n) is 14.4. The van der Waals surface area contributed by atoms with Crippen molar-refractivity contribution in [2.45, 2.75) is 39.0 Å². The number of ether oxygens (including phenoxy) is 2. The van der Waals surface area contributed by atoms with Gasteiger partial charge >= 0.3 is 6.09 Å². The summed E-state index contributed by atoms with van der Waals surface area (Å²) in [5.74, 6) is 0.743. The number of hydrogen-bond donors (Lipinski definition) is 0. The van der Waals surface area contributed by atoms with E-state index in [0.29, 0.717) is 24.7 Å². The molecule has 0 unspecified atom stereocenters. The van der Waals surface area contributed by atoms with Crippen LogP contribution < -0.4 is 4.74 Å². The predicted molar refractivity (Wildman–Crippen MR) is 109 cm³/mol. The third-order valence-electron chi connectivity index (χ3n) is 4.24. The molecule has 0 N–H and O–H groups in total. The SMILES string of the molecule is CC(C)(C)OC(=O)N1CCN2Cc3cc(I)c(Br)c(Cl)c3OC[C@H]2C1. The first-order chi connectivity index (χ1) is 11.7. The lowest BCUT2D eigenvalue weighted by molar-refractivity contribution is -0.00154. The fourth-order valence-corrected chi connectivity index (χ4v) is 4.43. The van der Waals surface area contributed by atoms with Gasteiger partial charge in [-0.2, -0.15) is 0 Å². The average molecular weight is 544 g/mol. The van der Waals surface area contributed by atoms with Crippen LogP contribution in [0.2, 0.25) is 5.02 Å². The minimum Gasteiger partial charge on any atom is -0.490 e. The molecule has 5 nitrogen and oxygen atoms in total. The van der Waals surface area contributed by atoms with E-state index in [4.69, 9.17) is 21.1 Å². The number of nitrogens with zero attached hydrogens (tertiary/aromatic N) is 2. The largest absolute Gasteiger partial charge is 0.490 e. The molecule has 3 rings (SSSR count). The first kappa shape index (κ1) is 19.5. The van der Waals surface area contributed by atoms with E-state index in [9.17, 15) is 4.79 Å². The van der Waals surface area contributed by atoms with Crippen LogP contribution >= 0.6 is 50.1 Å². The normalized spacial score (nSPS) is 21.0. The number of benzene rings is 1. The molecule has 1 aromatic carbocycles. The van der Waals surface area contributed by atoms with E-state index in [1.165, 1.54) is 0 Å². The fraction of sp³-hybridized carbons (Fsp3) is 0.588. The van der Waals surface area contributed by atoms with Crippen molar-refractivity contribution < 1.29 is 14.3 Å². The van der Waals surface area contributed by atoms with E-state index in [0.717, 1.165) is 32.4 Å². The molecule has 2 aliphatic heterocycles. The molecular formula is C17H21BrClIN2O3. The molecular weight excluding hydrogens is 522 g/mol. The molecule has 2 heterocycles. The summed E-state index contributed by atoms with van der Waals surface area (Å²) in [6.07, 6.45) is -0.260. The van der Waals surface area contributed by atoms with Gasteiger partial charge in [0.15, 0.2) is 0 Å². The van der Waals surface area contributed by atoms with Gasteiger partial charge in [-0.05, 0) is 65.4 Å². The number of amides is 1. The molecule has 0 radical (unpaired) electrons. The molecule has 1 fully saturated rings. The van der Waals surface area contributed by atoms with Crippen LogP contribution in [-0.4, -0.2) is 53.8 Å². The standard InChI is InChI=1S/C17H21BrClIN2O3/c1-17(2,3)25-16(23)22-5-4-21-7-10-6-12(20)13(18)14(19)15(10)24-9-11(21)8-22/h6,11H,4-5,7-9H2,1-3H3/t11-/m1/s1. The maximum Gasteiger partial charge on any atom is 0.410 e. The summed E-state index contributed by atoms with van der Waals surface area (Å²) in [6.45, 7) is 8.96. The lowest BCUT2D eigenvalue weighted by Gasteiger charge is -2.40. The minimum absolute atomic E-state index is 0.126. The highest BCUT2D eigenvalue weighted by molar-refractivity contribution is 14.1. The molecule has 1 atom stereocenters. The van der Waals surface area contributed by atoms with E-state index in [2.05, 4.69) is 49.5 Å². The van der Waals surface area contributed by atoms with Crippen LogP contribution in [0.3, 0.4) is 0 Å². The second-order valence-corrected chi connectivity index (χ2v) is 9.67.